The Balaban J connectivity index is 1.86. The molecule has 1 aliphatic heterocycles. The molecule has 0 aromatic heterocycles. The Labute approximate surface area is 109 Å². The van der Waals surface area contributed by atoms with Gasteiger partial charge >= 0.3 is 0 Å². The number of hydrogen-bond donors (Lipinski definition) is 1. The van der Waals surface area contributed by atoms with Gasteiger partial charge < -0.3 is 5.73 Å². The van der Waals surface area contributed by atoms with Crippen LogP contribution in [0.15, 0.2) is 0 Å². The van der Waals surface area contributed by atoms with E-state index in [1.54, 1.807) is 0 Å². The molecule has 3 heteroatoms. The van der Waals surface area contributed by atoms with E-state index in [-0.39, 0.29) is 0 Å². The second kappa shape index (κ2) is 6.01. The summed E-state index contributed by atoms with van der Waals surface area (Å²) in [7, 11) is 0. The Morgan fingerprint density at radius 1 is 1.12 bits per heavy atom. The highest BCUT2D eigenvalue weighted by Gasteiger charge is 2.33. The number of hydrogen-bond acceptors (Lipinski definition) is 3. The Kier molecular flexibility index (Phi) is 4.92. The van der Waals surface area contributed by atoms with Crippen molar-refractivity contribution in [3.05, 3.63) is 0 Å². The normalized spacial score (nSPS) is 42.9. The van der Waals surface area contributed by atoms with Crippen LogP contribution in [0.25, 0.3) is 0 Å². The number of rotatable bonds is 2. The van der Waals surface area contributed by atoms with Crippen LogP contribution in [0, 0.1) is 17.8 Å². The quantitative estimate of drug-likeness (QED) is 0.824. The molecule has 2 aliphatic rings. The highest BCUT2D eigenvalue weighted by Crippen LogP contribution is 2.38. The van der Waals surface area contributed by atoms with Gasteiger partial charge in [0, 0.05) is 28.6 Å². The molecule has 0 bridgehead atoms. The van der Waals surface area contributed by atoms with Crippen LogP contribution in [0.4, 0.5) is 0 Å². The van der Waals surface area contributed by atoms with Crippen molar-refractivity contribution in [3.8, 4) is 0 Å². The first-order chi connectivity index (χ1) is 7.68. The second-order valence-corrected chi connectivity index (χ2v) is 8.09. The van der Waals surface area contributed by atoms with Gasteiger partial charge in [-0.15, -0.1) is 0 Å². The average Bonchev–Trinajstić information content (AvgIpc) is 2.33. The summed E-state index contributed by atoms with van der Waals surface area (Å²) in [6.07, 6.45) is 4.13. The molecule has 2 fully saturated rings. The Morgan fingerprint density at radius 3 is 2.56 bits per heavy atom. The van der Waals surface area contributed by atoms with E-state index < -0.39 is 0 Å². The van der Waals surface area contributed by atoms with Crippen molar-refractivity contribution in [2.24, 2.45) is 23.5 Å². The van der Waals surface area contributed by atoms with Crippen molar-refractivity contribution in [2.75, 3.05) is 17.3 Å². The molecule has 1 aliphatic carbocycles. The van der Waals surface area contributed by atoms with E-state index >= 15 is 0 Å². The summed E-state index contributed by atoms with van der Waals surface area (Å²) in [6.45, 7) is 4.81. The summed E-state index contributed by atoms with van der Waals surface area (Å²) in [5, 5.41) is 0.726. The largest absolute Gasteiger partial charge is 0.326 e. The molecule has 1 heterocycles. The molecule has 0 aromatic carbocycles. The van der Waals surface area contributed by atoms with Gasteiger partial charge in [-0.05, 0) is 30.6 Å². The van der Waals surface area contributed by atoms with Gasteiger partial charge in [-0.25, -0.2) is 0 Å². The summed E-state index contributed by atoms with van der Waals surface area (Å²) in [5.74, 6) is 6.50. The third-order valence-corrected chi connectivity index (χ3v) is 7.36. The van der Waals surface area contributed by atoms with Crippen LogP contribution in [0.5, 0.6) is 0 Å². The lowest BCUT2D eigenvalue weighted by Gasteiger charge is -2.39. The molecule has 5 atom stereocenters. The highest BCUT2D eigenvalue weighted by atomic mass is 32.2. The minimum absolute atomic E-state index is 0.452. The molecule has 2 N–H and O–H groups in total. The van der Waals surface area contributed by atoms with Gasteiger partial charge in [0.25, 0.3) is 0 Å². The number of thioether (sulfide) groups is 2. The van der Waals surface area contributed by atoms with Gasteiger partial charge in [0.2, 0.25) is 0 Å². The zero-order valence-electron chi connectivity index (χ0n) is 10.5. The average molecular weight is 259 g/mol. The van der Waals surface area contributed by atoms with E-state index in [4.69, 9.17) is 5.73 Å². The molecular weight excluding hydrogens is 234 g/mol. The summed E-state index contributed by atoms with van der Waals surface area (Å²) in [4.78, 5) is 0. The molecule has 94 valence electrons. The van der Waals surface area contributed by atoms with Gasteiger partial charge in [0.05, 0.1) is 0 Å². The van der Waals surface area contributed by atoms with Crippen molar-refractivity contribution in [1.29, 1.82) is 0 Å². The van der Waals surface area contributed by atoms with E-state index in [0.29, 0.717) is 6.04 Å². The molecule has 0 radical (unpaired) electrons. The predicted molar refractivity (Wildman–Crippen MR) is 77.2 cm³/mol. The standard InChI is InChI=1S/C13H25NS2/c1-9-3-4-11(7-10(9)2)13(14)12-8-15-5-6-16-12/h9-13H,3-8,14H2,1-2H3. The maximum absolute atomic E-state index is 6.50. The van der Waals surface area contributed by atoms with Gasteiger partial charge in [-0.3, -0.25) is 0 Å². The summed E-state index contributed by atoms with van der Waals surface area (Å²) < 4.78 is 0. The maximum atomic E-state index is 6.50. The van der Waals surface area contributed by atoms with Gasteiger partial charge in [-0.2, -0.15) is 23.5 Å². The van der Waals surface area contributed by atoms with Crippen molar-refractivity contribution < 1.29 is 0 Å². The lowest BCUT2D eigenvalue weighted by Crippen LogP contribution is -2.44. The predicted octanol–water partition coefficient (Wildman–Crippen LogP) is 3.23. The van der Waals surface area contributed by atoms with Crippen molar-refractivity contribution in [2.45, 2.75) is 44.4 Å². The van der Waals surface area contributed by atoms with Crippen molar-refractivity contribution >= 4 is 23.5 Å². The topological polar surface area (TPSA) is 26.0 Å². The van der Waals surface area contributed by atoms with Crippen LogP contribution in [0.2, 0.25) is 0 Å². The van der Waals surface area contributed by atoms with E-state index in [1.807, 2.05) is 0 Å². The molecule has 16 heavy (non-hydrogen) atoms. The first-order valence-corrected chi connectivity index (χ1v) is 8.83. The van der Waals surface area contributed by atoms with Gasteiger partial charge in [0.15, 0.2) is 0 Å². The second-order valence-electron chi connectivity index (χ2n) is 5.59. The van der Waals surface area contributed by atoms with E-state index in [1.165, 1.54) is 36.5 Å². The van der Waals surface area contributed by atoms with E-state index in [0.717, 1.165) is 23.0 Å². The third-order valence-electron chi connectivity index (χ3n) is 4.45. The van der Waals surface area contributed by atoms with Crippen LogP contribution >= 0.6 is 23.5 Å². The summed E-state index contributed by atoms with van der Waals surface area (Å²) in [5.41, 5.74) is 6.50. The Bertz CT molecular complexity index is 216. The molecular formula is C13H25NS2. The summed E-state index contributed by atoms with van der Waals surface area (Å²) in [6, 6.07) is 0.452. The highest BCUT2D eigenvalue weighted by molar-refractivity contribution is 8.06. The van der Waals surface area contributed by atoms with Crippen molar-refractivity contribution in [3.63, 3.8) is 0 Å². The molecule has 5 unspecified atom stereocenters. The maximum Gasteiger partial charge on any atom is 0.0292 e. The Hall–Kier alpha value is 0.660. The smallest absolute Gasteiger partial charge is 0.0292 e. The molecule has 1 saturated carbocycles. The van der Waals surface area contributed by atoms with Crippen LogP contribution in [0.3, 0.4) is 0 Å². The number of nitrogens with two attached hydrogens (primary N) is 1. The van der Waals surface area contributed by atoms with E-state index in [9.17, 15) is 0 Å². The molecule has 2 rings (SSSR count). The zero-order valence-corrected chi connectivity index (χ0v) is 12.2. The molecule has 0 amide bonds. The van der Waals surface area contributed by atoms with E-state index in [2.05, 4.69) is 37.4 Å². The van der Waals surface area contributed by atoms with Crippen molar-refractivity contribution in [1.82, 2.24) is 0 Å². The first kappa shape index (κ1) is 13.1. The zero-order chi connectivity index (χ0) is 11.5. The molecule has 0 aromatic rings. The van der Waals surface area contributed by atoms with Gasteiger partial charge in [-0.1, -0.05) is 20.3 Å². The van der Waals surface area contributed by atoms with Gasteiger partial charge in [0.1, 0.15) is 0 Å². The molecule has 0 spiro atoms. The monoisotopic (exact) mass is 259 g/mol. The fourth-order valence-corrected chi connectivity index (χ4v) is 5.87. The van der Waals surface area contributed by atoms with Crippen LogP contribution in [0.1, 0.15) is 33.1 Å². The SMILES string of the molecule is CC1CCC(C(N)C2CSCCS2)CC1C. The van der Waals surface area contributed by atoms with Crippen LogP contribution in [-0.4, -0.2) is 28.6 Å². The molecule has 1 nitrogen and oxygen atoms in total. The minimum Gasteiger partial charge on any atom is -0.326 e. The van der Waals surface area contributed by atoms with Crippen LogP contribution < -0.4 is 5.73 Å². The van der Waals surface area contributed by atoms with Crippen LogP contribution in [-0.2, 0) is 0 Å². The fraction of sp³-hybridized carbons (Fsp3) is 1.00. The lowest BCUT2D eigenvalue weighted by atomic mass is 9.73. The molecule has 1 saturated heterocycles. The summed E-state index contributed by atoms with van der Waals surface area (Å²) >= 11 is 4.22. The first-order valence-electron chi connectivity index (χ1n) is 6.63. The minimum atomic E-state index is 0.452. The third kappa shape index (κ3) is 3.11. The Morgan fingerprint density at radius 2 is 1.94 bits per heavy atom. The lowest BCUT2D eigenvalue weighted by molar-refractivity contribution is 0.185. The fourth-order valence-electron chi connectivity index (χ4n) is 2.97.